The van der Waals surface area contributed by atoms with Crippen molar-refractivity contribution < 1.29 is 13.9 Å². The predicted octanol–water partition coefficient (Wildman–Crippen LogP) is 3.25. The lowest BCUT2D eigenvalue weighted by Gasteiger charge is -2.08. The van der Waals surface area contributed by atoms with Crippen LogP contribution in [0.15, 0.2) is 60.7 Å². The molecule has 0 fully saturated rings. The molecule has 0 aliphatic heterocycles. The fourth-order valence-electron chi connectivity index (χ4n) is 2.81. The number of benzene rings is 2. The van der Waals surface area contributed by atoms with Crippen LogP contribution in [-0.2, 0) is 12.8 Å². The van der Waals surface area contributed by atoms with Crippen LogP contribution in [0.4, 0.5) is 10.2 Å². The second kappa shape index (κ2) is 10.2. The van der Waals surface area contributed by atoms with E-state index in [0.717, 1.165) is 11.3 Å². The van der Waals surface area contributed by atoms with Crippen LogP contribution >= 0.6 is 0 Å². The molecule has 150 valence electrons. The predicted molar refractivity (Wildman–Crippen MR) is 110 cm³/mol. The van der Waals surface area contributed by atoms with Gasteiger partial charge in [0.1, 0.15) is 17.4 Å². The Morgan fingerprint density at radius 3 is 2.62 bits per heavy atom. The molecule has 2 aromatic carbocycles. The van der Waals surface area contributed by atoms with Crippen molar-refractivity contribution in [1.82, 2.24) is 15.5 Å². The van der Waals surface area contributed by atoms with Crippen molar-refractivity contribution in [1.29, 1.82) is 0 Å². The number of methoxy groups -OCH3 is 1. The molecule has 2 N–H and O–H groups in total. The van der Waals surface area contributed by atoms with Crippen LogP contribution < -0.4 is 15.4 Å². The highest BCUT2D eigenvalue weighted by Gasteiger charge is 2.08. The Morgan fingerprint density at radius 2 is 1.86 bits per heavy atom. The summed E-state index contributed by atoms with van der Waals surface area (Å²) in [5.41, 5.74) is 1.96. The smallest absolute Gasteiger partial charge is 0.271 e. The fraction of sp³-hybridized carbons (Fsp3) is 0.227. The van der Waals surface area contributed by atoms with E-state index in [1.54, 1.807) is 37.4 Å². The molecule has 7 heteroatoms. The molecule has 0 unspecified atom stereocenters. The number of carbonyl (C=O) groups is 1. The summed E-state index contributed by atoms with van der Waals surface area (Å²) in [5, 5.41) is 13.9. The lowest BCUT2D eigenvalue weighted by atomic mass is 10.1. The quantitative estimate of drug-likeness (QED) is 0.583. The van der Waals surface area contributed by atoms with Gasteiger partial charge in [-0.15, -0.1) is 10.2 Å². The summed E-state index contributed by atoms with van der Waals surface area (Å²) in [6, 6.07) is 17.7. The van der Waals surface area contributed by atoms with E-state index in [4.69, 9.17) is 4.74 Å². The van der Waals surface area contributed by atoms with E-state index < -0.39 is 0 Å². The highest BCUT2D eigenvalue weighted by atomic mass is 19.1. The molecule has 0 saturated heterocycles. The minimum atomic E-state index is -0.279. The Kier molecular flexibility index (Phi) is 7.10. The molecule has 0 atom stereocenters. The first-order valence-corrected chi connectivity index (χ1v) is 9.38. The monoisotopic (exact) mass is 394 g/mol. The van der Waals surface area contributed by atoms with Crippen molar-refractivity contribution in [3.8, 4) is 5.75 Å². The van der Waals surface area contributed by atoms with Gasteiger partial charge in [0.2, 0.25) is 0 Å². The van der Waals surface area contributed by atoms with Crippen LogP contribution in [-0.4, -0.2) is 36.3 Å². The number of ether oxygens (including phenoxy) is 1. The molecule has 3 rings (SSSR count). The number of nitrogens with zero attached hydrogens (tertiary/aromatic N) is 2. The van der Waals surface area contributed by atoms with Gasteiger partial charge in [-0.1, -0.05) is 30.3 Å². The van der Waals surface area contributed by atoms with Crippen LogP contribution in [0.2, 0.25) is 0 Å². The molecule has 1 heterocycles. The standard InChI is InChI=1S/C22H23FN4O2/c1-29-18-7-4-5-16(15-18)11-13-25-22(28)20-9-10-21(27-26-20)24-14-12-17-6-2-3-8-19(17)23/h2-10,15H,11-14H2,1H3,(H,24,27)(H,25,28). The third kappa shape index (κ3) is 6.00. The highest BCUT2D eigenvalue weighted by Crippen LogP contribution is 2.12. The van der Waals surface area contributed by atoms with E-state index in [-0.39, 0.29) is 17.4 Å². The van der Waals surface area contributed by atoms with Crippen molar-refractivity contribution in [2.45, 2.75) is 12.8 Å². The fourth-order valence-corrected chi connectivity index (χ4v) is 2.81. The first-order valence-electron chi connectivity index (χ1n) is 9.38. The van der Waals surface area contributed by atoms with Crippen LogP contribution in [0.5, 0.6) is 5.75 Å². The van der Waals surface area contributed by atoms with Crippen molar-refractivity contribution in [3.63, 3.8) is 0 Å². The maximum absolute atomic E-state index is 13.6. The van der Waals surface area contributed by atoms with E-state index >= 15 is 0 Å². The number of carbonyl (C=O) groups excluding carboxylic acids is 1. The topological polar surface area (TPSA) is 76.1 Å². The van der Waals surface area contributed by atoms with Gasteiger partial charge in [-0.25, -0.2) is 4.39 Å². The molecule has 6 nitrogen and oxygen atoms in total. The van der Waals surface area contributed by atoms with Crippen LogP contribution in [0.3, 0.4) is 0 Å². The largest absolute Gasteiger partial charge is 0.497 e. The molecule has 0 spiro atoms. The number of nitrogens with one attached hydrogen (secondary N) is 2. The van der Waals surface area contributed by atoms with Crippen molar-refractivity contribution in [2.24, 2.45) is 0 Å². The Balaban J connectivity index is 1.44. The van der Waals surface area contributed by atoms with Crippen LogP contribution in [0.1, 0.15) is 21.6 Å². The SMILES string of the molecule is COc1cccc(CCNC(=O)c2ccc(NCCc3ccccc3F)nn2)c1. The number of amides is 1. The number of rotatable bonds is 9. The average molecular weight is 394 g/mol. The number of anilines is 1. The molecular formula is C22H23FN4O2. The zero-order valence-corrected chi connectivity index (χ0v) is 16.2. The maximum Gasteiger partial charge on any atom is 0.271 e. The number of hydrogen-bond acceptors (Lipinski definition) is 5. The molecule has 0 bridgehead atoms. The average Bonchev–Trinajstić information content (AvgIpc) is 2.75. The molecule has 1 amide bonds. The van der Waals surface area contributed by atoms with Gasteiger partial charge in [-0.05, 0) is 54.3 Å². The third-order valence-electron chi connectivity index (χ3n) is 4.39. The number of hydrogen-bond donors (Lipinski definition) is 2. The molecule has 29 heavy (non-hydrogen) atoms. The Bertz CT molecular complexity index is 948. The summed E-state index contributed by atoms with van der Waals surface area (Å²) in [6.45, 7) is 0.998. The Morgan fingerprint density at radius 1 is 1.00 bits per heavy atom. The minimum absolute atomic E-state index is 0.221. The van der Waals surface area contributed by atoms with E-state index in [9.17, 15) is 9.18 Å². The van der Waals surface area contributed by atoms with Gasteiger partial charge in [-0.2, -0.15) is 0 Å². The van der Waals surface area contributed by atoms with E-state index in [2.05, 4.69) is 20.8 Å². The summed E-state index contributed by atoms with van der Waals surface area (Å²) in [5.74, 6) is 0.826. The highest BCUT2D eigenvalue weighted by molar-refractivity contribution is 5.92. The molecule has 1 aromatic heterocycles. The molecule has 0 aliphatic carbocycles. The van der Waals surface area contributed by atoms with Gasteiger partial charge in [0.25, 0.3) is 5.91 Å². The molecule has 0 aliphatic rings. The molecular weight excluding hydrogens is 371 g/mol. The van der Waals surface area contributed by atoms with Gasteiger partial charge in [0, 0.05) is 13.1 Å². The molecule has 0 saturated carbocycles. The summed E-state index contributed by atoms with van der Waals surface area (Å²) in [7, 11) is 1.62. The van der Waals surface area contributed by atoms with E-state index in [1.165, 1.54) is 6.07 Å². The van der Waals surface area contributed by atoms with Gasteiger partial charge in [0.05, 0.1) is 7.11 Å². The lowest BCUT2D eigenvalue weighted by Crippen LogP contribution is -2.26. The summed E-state index contributed by atoms with van der Waals surface area (Å²) in [6.07, 6.45) is 1.22. The van der Waals surface area contributed by atoms with Crippen molar-refractivity contribution in [3.05, 3.63) is 83.3 Å². The van der Waals surface area contributed by atoms with Gasteiger partial charge in [-0.3, -0.25) is 4.79 Å². The van der Waals surface area contributed by atoms with Crippen LogP contribution in [0, 0.1) is 5.82 Å². The number of halogens is 1. The van der Waals surface area contributed by atoms with Gasteiger partial charge < -0.3 is 15.4 Å². The normalized spacial score (nSPS) is 10.4. The van der Waals surface area contributed by atoms with E-state index in [0.29, 0.717) is 37.3 Å². The van der Waals surface area contributed by atoms with E-state index in [1.807, 2.05) is 24.3 Å². The van der Waals surface area contributed by atoms with Crippen molar-refractivity contribution >= 4 is 11.7 Å². The Labute approximate surface area is 169 Å². The van der Waals surface area contributed by atoms with Crippen molar-refractivity contribution in [2.75, 3.05) is 25.5 Å². The zero-order valence-electron chi connectivity index (χ0n) is 16.2. The second-order valence-corrected chi connectivity index (χ2v) is 6.43. The van der Waals surface area contributed by atoms with Crippen LogP contribution in [0.25, 0.3) is 0 Å². The lowest BCUT2D eigenvalue weighted by molar-refractivity contribution is 0.0948. The first-order chi connectivity index (χ1) is 14.2. The minimum Gasteiger partial charge on any atom is -0.497 e. The summed E-state index contributed by atoms with van der Waals surface area (Å²) >= 11 is 0. The summed E-state index contributed by atoms with van der Waals surface area (Å²) < 4.78 is 18.8. The molecule has 0 radical (unpaired) electrons. The second-order valence-electron chi connectivity index (χ2n) is 6.43. The van der Waals surface area contributed by atoms with Gasteiger partial charge in [0.15, 0.2) is 5.69 Å². The maximum atomic E-state index is 13.6. The first kappa shape index (κ1) is 20.3. The zero-order chi connectivity index (χ0) is 20.5. The Hall–Kier alpha value is -3.48. The third-order valence-corrected chi connectivity index (χ3v) is 4.39. The van der Waals surface area contributed by atoms with Gasteiger partial charge >= 0.3 is 0 Å². The molecule has 3 aromatic rings. The summed E-state index contributed by atoms with van der Waals surface area (Å²) in [4.78, 5) is 12.2. The number of aromatic nitrogens is 2.